The molecule has 0 radical (unpaired) electrons. The Bertz CT molecular complexity index is 246. The first-order chi connectivity index (χ1) is 4.40. The molecular weight excluding hydrogens is 162 g/mol. The van der Waals surface area contributed by atoms with Gasteiger partial charge in [0.1, 0.15) is 5.75 Å². The minimum Gasteiger partial charge on any atom is -0.496 e. The fourth-order valence-corrected chi connectivity index (χ4v) is 1.17. The molecule has 3 N–H and O–H groups in total. The van der Waals surface area contributed by atoms with Crippen LogP contribution in [0.5, 0.6) is 5.75 Å². The molecule has 2 aliphatic carbocycles. The number of hydrogen-bond donors (Lipinski definition) is 1. The molecule has 2 bridgehead atoms. The van der Waals surface area contributed by atoms with E-state index < -0.39 is 0 Å². The van der Waals surface area contributed by atoms with Gasteiger partial charge < -0.3 is 10.9 Å². The van der Waals surface area contributed by atoms with E-state index in [2.05, 4.69) is 12.1 Å². The smallest absolute Gasteiger partial charge is 0.122 e. The van der Waals surface area contributed by atoms with E-state index >= 15 is 0 Å². The highest BCUT2D eigenvalue weighted by molar-refractivity contribution is 5.85. The quantitative estimate of drug-likeness (QED) is 0.719. The third-order valence-corrected chi connectivity index (χ3v) is 1.74. The van der Waals surface area contributed by atoms with Crippen molar-refractivity contribution < 1.29 is 4.74 Å². The van der Waals surface area contributed by atoms with E-state index in [1.807, 2.05) is 6.07 Å². The van der Waals surface area contributed by atoms with Crippen LogP contribution in [0.2, 0.25) is 0 Å². The van der Waals surface area contributed by atoms with Crippen molar-refractivity contribution in [2.24, 2.45) is 0 Å². The van der Waals surface area contributed by atoms with Gasteiger partial charge in [0.2, 0.25) is 0 Å². The number of methoxy groups -OCH3 is 1. The van der Waals surface area contributed by atoms with Crippen molar-refractivity contribution in [3.8, 4) is 5.75 Å². The molecule has 1 aromatic carbocycles. The van der Waals surface area contributed by atoms with Gasteiger partial charge in [-0.1, -0.05) is 12.1 Å². The summed E-state index contributed by atoms with van der Waals surface area (Å²) in [5.74, 6) is 1.03. The maximum absolute atomic E-state index is 5.09. The van der Waals surface area contributed by atoms with Crippen LogP contribution < -0.4 is 10.9 Å². The normalized spacial score (nSPS) is 10.3. The summed E-state index contributed by atoms with van der Waals surface area (Å²) in [6, 6.07) is 6.29. The number of fused-ring (bicyclic) bond motifs is 2. The largest absolute Gasteiger partial charge is 0.496 e. The van der Waals surface area contributed by atoms with Crippen LogP contribution in [0, 0.1) is 0 Å². The van der Waals surface area contributed by atoms with Gasteiger partial charge in [0.15, 0.2) is 0 Å². The Labute approximate surface area is 72.6 Å². The Morgan fingerprint density at radius 2 is 2.00 bits per heavy atom. The fraction of sp³-hybridized carbons (Fsp3) is 0.250. The summed E-state index contributed by atoms with van der Waals surface area (Å²) >= 11 is 0. The molecule has 0 atom stereocenters. The maximum atomic E-state index is 5.09. The minimum absolute atomic E-state index is 0. The van der Waals surface area contributed by atoms with Gasteiger partial charge in [0, 0.05) is 6.42 Å². The van der Waals surface area contributed by atoms with E-state index in [1.165, 1.54) is 11.1 Å². The second-order valence-corrected chi connectivity index (χ2v) is 2.32. The SMILES string of the molecule is COc1ccc2cc1C2.Cl.N. The summed E-state index contributed by atoms with van der Waals surface area (Å²) in [5.41, 5.74) is 2.76. The van der Waals surface area contributed by atoms with Gasteiger partial charge in [-0.05, 0) is 17.2 Å². The van der Waals surface area contributed by atoms with Crippen LogP contribution in [0.1, 0.15) is 11.1 Å². The molecule has 0 fully saturated rings. The molecule has 62 valence electrons. The predicted molar refractivity (Wildman–Crippen MR) is 48.1 cm³/mol. The lowest BCUT2D eigenvalue weighted by Crippen LogP contribution is -2.02. The summed E-state index contributed by atoms with van der Waals surface area (Å²) in [7, 11) is 1.71. The Morgan fingerprint density at radius 3 is 2.27 bits per heavy atom. The van der Waals surface area contributed by atoms with Gasteiger partial charge in [0.25, 0.3) is 0 Å². The minimum atomic E-state index is 0. The molecule has 0 amide bonds. The van der Waals surface area contributed by atoms with Gasteiger partial charge >= 0.3 is 0 Å². The molecule has 11 heavy (non-hydrogen) atoms. The van der Waals surface area contributed by atoms with Gasteiger partial charge in [-0.15, -0.1) is 12.4 Å². The molecule has 3 heteroatoms. The van der Waals surface area contributed by atoms with Crippen LogP contribution in [0.25, 0.3) is 0 Å². The van der Waals surface area contributed by atoms with Crippen molar-refractivity contribution >= 4 is 12.4 Å². The number of ether oxygens (including phenoxy) is 1. The standard InChI is InChI=1S/C8H8O.ClH.H3N/c1-9-8-3-2-6-4-7(8)5-6;;/h2-4H,5H2,1H3;1H;1H3. The Hall–Kier alpha value is -0.730. The van der Waals surface area contributed by atoms with Crippen LogP contribution in [-0.4, -0.2) is 7.11 Å². The van der Waals surface area contributed by atoms with Gasteiger partial charge in [-0.2, -0.15) is 0 Å². The predicted octanol–water partition coefficient (Wildman–Crippen LogP) is 2.18. The van der Waals surface area contributed by atoms with Gasteiger partial charge in [-0.3, -0.25) is 0 Å². The molecule has 0 unspecified atom stereocenters. The van der Waals surface area contributed by atoms with Gasteiger partial charge in [0.05, 0.1) is 7.11 Å². The fourth-order valence-electron chi connectivity index (χ4n) is 1.17. The topological polar surface area (TPSA) is 44.2 Å². The summed E-state index contributed by atoms with van der Waals surface area (Å²) in [6.45, 7) is 0. The van der Waals surface area contributed by atoms with E-state index in [9.17, 15) is 0 Å². The monoisotopic (exact) mass is 173 g/mol. The first-order valence-electron chi connectivity index (χ1n) is 3.06. The lowest BCUT2D eigenvalue weighted by molar-refractivity contribution is 0.408. The van der Waals surface area contributed by atoms with E-state index in [-0.39, 0.29) is 18.6 Å². The summed E-state index contributed by atoms with van der Waals surface area (Å²) in [4.78, 5) is 0. The molecule has 0 aromatic heterocycles. The average molecular weight is 174 g/mol. The highest BCUT2D eigenvalue weighted by atomic mass is 35.5. The van der Waals surface area contributed by atoms with Crippen LogP contribution in [0.4, 0.5) is 0 Å². The molecule has 2 aliphatic rings. The molecule has 1 aromatic rings. The highest BCUT2D eigenvalue weighted by Gasteiger charge is 2.12. The van der Waals surface area contributed by atoms with E-state index in [0.717, 1.165) is 12.2 Å². The first kappa shape index (κ1) is 10.3. The van der Waals surface area contributed by atoms with Crippen LogP contribution in [0.3, 0.4) is 0 Å². The average Bonchev–Trinajstić information content (AvgIpc) is 1.86. The van der Waals surface area contributed by atoms with E-state index in [0.29, 0.717) is 0 Å². The molecule has 0 saturated heterocycles. The van der Waals surface area contributed by atoms with Crippen molar-refractivity contribution in [1.82, 2.24) is 6.15 Å². The molecule has 0 spiro atoms. The summed E-state index contributed by atoms with van der Waals surface area (Å²) in [6.07, 6.45) is 1.11. The number of rotatable bonds is 1. The summed E-state index contributed by atoms with van der Waals surface area (Å²) < 4.78 is 5.09. The molecule has 0 heterocycles. The highest BCUT2D eigenvalue weighted by Crippen LogP contribution is 2.30. The summed E-state index contributed by atoms with van der Waals surface area (Å²) in [5, 5.41) is 0. The molecular formula is C8H12ClNO. The van der Waals surface area contributed by atoms with Crippen molar-refractivity contribution in [3.05, 3.63) is 29.3 Å². The van der Waals surface area contributed by atoms with Crippen LogP contribution >= 0.6 is 12.4 Å². The van der Waals surface area contributed by atoms with Crippen molar-refractivity contribution in [2.45, 2.75) is 6.42 Å². The van der Waals surface area contributed by atoms with E-state index in [4.69, 9.17) is 4.74 Å². The lowest BCUT2D eigenvalue weighted by Gasteiger charge is -2.17. The van der Waals surface area contributed by atoms with Gasteiger partial charge in [-0.25, -0.2) is 0 Å². The Kier molecular flexibility index (Phi) is 3.36. The van der Waals surface area contributed by atoms with E-state index in [1.54, 1.807) is 7.11 Å². The molecule has 2 nitrogen and oxygen atoms in total. The second kappa shape index (κ2) is 3.60. The van der Waals surface area contributed by atoms with Crippen LogP contribution in [-0.2, 0) is 6.42 Å². The molecule has 0 aliphatic heterocycles. The van der Waals surface area contributed by atoms with Crippen LogP contribution in [0.15, 0.2) is 18.2 Å². The zero-order valence-corrected chi connectivity index (χ0v) is 7.28. The maximum Gasteiger partial charge on any atom is 0.122 e. The van der Waals surface area contributed by atoms with Crippen molar-refractivity contribution in [2.75, 3.05) is 7.11 Å². The number of benzene rings is 1. The molecule has 3 rings (SSSR count). The third kappa shape index (κ3) is 1.47. The number of hydrogen-bond acceptors (Lipinski definition) is 2. The zero-order valence-electron chi connectivity index (χ0n) is 6.46. The second-order valence-electron chi connectivity index (χ2n) is 2.32. The lowest BCUT2D eigenvalue weighted by atomic mass is 9.92. The first-order valence-corrected chi connectivity index (χ1v) is 3.06. The molecule has 0 saturated carbocycles. The number of halogens is 1. The Morgan fingerprint density at radius 1 is 1.36 bits per heavy atom. The van der Waals surface area contributed by atoms with Crippen molar-refractivity contribution in [3.63, 3.8) is 0 Å². The van der Waals surface area contributed by atoms with Crippen molar-refractivity contribution in [1.29, 1.82) is 0 Å². The zero-order chi connectivity index (χ0) is 6.27. The third-order valence-electron chi connectivity index (χ3n) is 1.74. The Balaban J connectivity index is 0.000000500.